The number of hydrogen-bond acceptors (Lipinski definition) is 3. The molecule has 2 aliphatic carbocycles. The Bertz CT molecular complexity index is 654. The van der Waals surface area contributed by atoms with Crippen molar-refractivity contribution in [2.24, 2.45) is 16.9 Å². The van der Waals surface area contributed by atoms with E-state index in [2.05, 4.69) is 22.7 Å². The van der Waals surface area contributed by atoms with E-state index in [-0.39, 0.29) is 5.91 Å². The van der Waals surface area contributed by atoms with Crippen LogP contribution in [-0.2, 0) is 4.79 Å². The molecular formula is C18H21ClN2O2. The second-order valence-corrected chi connectivity index (χ2v) is 6.57. The second kappa shape index (κ2) is 7.18. The van der Waals surface area contributed by atoms with Gasteiger partial charge in [-0.3, -0.25) is 4.79 Å². The van der Waals surface area contributed by atoms with E-state index in [4.69, 9.17) is 16.3 Å². The van der Waals surface area contributed by atoms with Gasteiger partial charge in [-0.05, 0) is 55.9 Å². The van der Waals surface area contributed by atoms with Gasteiger partial charge < -0.3 is 4.74 Å². The molecule has 1 aromatic carbocycles. The van der Waals surface area contributed by atoms with Gasteiger partial charge >= 0.3 is 0 Å². The topological polar surface area (TPSA) is 50.7 Å². The lowest BCUT2D eigenvalue weighted by molar-refractivity contribution is -0.121. The minimum atomic E-state index is -0.0525. The van der Waals surface area contributed by atoms with Crippen molar-refractivity contribution in [3.63, 3.8) is 0 Å². The van der Waals surface area contributed by atoms with Gasteiger partial charge in [0.05, 0.1) is 6.61 Å². The van der Waals surface area contributed by atoms with Gasteiger partial charge in [-0.15, -0.1) is 0 Å². The number of benzene rings is 1. The number of carbonyl (C=O) groups excluding carboxylic acids is 1. The molecule has 2 aliphatic rings. The smallest absolute Gasteiger partial charge is 0.240 e. The molecule has 0 radical (unpaired) electrons. The standard InChI is InChI=1S/C18H21ClN2O2/c1-12-10-14(19)7-8-17(12)23-9-3-6-18(22)21-20-16-11-13-4-2-5-15(13)16/h2,4,7-8,10,13,15H,3,5-6,9,11H2,1H3,(H,21,22)/b20-16+. The molecule has 1 N–H and O–H groups in total. The molecule has 1 aromatic rings. The second-order valence-electron chi connectivity index (χ2n) is 6.14. The van der Waals surface area contributed by atoms with Crippen molar-refractivity contribution in [1.82, 2.24) is 5.43 Å². The summed E-state index contributed by atoms with van der Waals surface area (Å²) in [7, 11) is 0. The van der Waals surface area contributed by atoms with Crippen LogP contribution < -0.4 is 10.2 Å². The van der Waals surface area contributed by atoms with E-state index in [0.717, 1.165) is 29.9 Å². The number of amides is 1. The Morgan fingerprint density at radius 2 is 2.35 bits per heavy atom. The monoisotopic (exact) mass is 332 g/mol. The average Bonchev–Trinajstić information content (AvgIpc) is 2.87. The van der Waals surface area contributed by atoms with Crippen LogP contribution in [0.25, 0.3) is 0 Å². The van der Waals surface area contributed by atoms with E-state index in [1.165, 1.54) is 0 Å². The first-order valence-corrected chi connectivity index (χ1v) is 8.42. The Hall–Kier alpha value is -1.81. The fourth-order valence-corrected chi connectivity index (χ4v) is 3.27. The molecular weight excluding hydrogens is 312 g/mol. The van der Waals surface area contributed by atoms with Crippen LogP contribution >= 0.6 is 11.6 Å². The quantitative estimate of drug-likeness (QED) is 0.488. The van der Waals surface area contributed by atoms with E-state index in [1.54, 1.807) is 6.07 Å². The van der Waals surface area contributed by atoms with Crippen LogP contribution in [0.4, 0.5) is 0 Å². The van der Waals surface area contributed by atoms with Gasteiger partial charge in [0.25, 0.3) is 0 Å². The third-order valence-electron chi connectivity index (χ3n) is 4.43. The summed E-state index contributed by atoms with van der Waals surface area (Å²) >= 11 is 5.91. The SMILES string of the molecule is Cc1cc(Cl)ccc1OCCCC(=O)N/N=C1\CC2C=CCC12. The molecule has 0 heterocycles. The maximum absolute atomic E-state index is 11.8. The molecule has 2 unspecified atom stereocenters. The summed E-state index contributed by atoms with van der Waals surface area (Å²) < 4.78 is 5.67. The molecule has 5 heteroatoms. The number of nitrogens with zero attached hydrogens (tertiary/aromatic N) is 1. The molecule has 1 amide bonds. The lowest BCUT2D eigenvalue weighted by Gasteiger charge is -2.31. The number of rotatable bonds is 6. The summed E-state index contributed by atoms with van der Waals surface area (Å²) in [5, 5.41) is 4.95. The summed E-state index contributed by atoms with van der Waals surface area (Å²) in [5.74, 6) is 1.95. The highest BCUT2D eigenvalue weighted by Gasteiger charge is 2.37. The lowest BCUT2D eigenvalue weighted by atomic mass is 9.74. The van der Waals surface area contributed by atoms with Crippen molar-refractivity contribution >= 4 is 23.2 Å². The first-order valence-electron chi connectivity index (χ1n) is 8.04. The molecule has 0 bridgehead atoms. The molecule has 0 saturated heterocycles. The zero-order chi connectivity index (χ0) is 16.2. The van der Waals surface area contributed by atoms with Crippen molar-refractivity contribution < 1.29 is 9.53 Å². The molecule has 1 saturated carbocycles. The van der Waals surface area contributed by atoms with Crippen LogP contribution in [-0.4, -0.2) is 18.2 Å². The van der Waals surface area contributed by atoms with E-state index in [9.17, 15) is 4.79 Å². The molecule has 122 valence electrons. The first-order chi connectivity index (χ1) is 11.1. The number of halogens is 1. The van der Waals surface area contributed by atoms with E-state index in [0.29, 0.717) is 36.3 Å². The highest BCUT2D eigenvalue weighted by molar-refractivity contribution is 6.30. The third-order valence-corrected chi connectivity index (χ3v) is 4.66. The molecule has 23 heavy (non-hydrogen) atoms. The van der Waals surface area contributed by atoms with Gasteiger partial charge in [-0.2, -0.15) is 5.10 Å². The normalized spacial score (nSPS) is 23.5. The summed E-state index contributed by atoms with van der Waals surface area (Å²) in [6, 6.07) is 5.52. The number of hydrogen-bond donors (Lipinski definition) is 1. The Kier molecular flexibility index (Phi) is 5.01. The zero-order valence-electron chi connectivity index (χ0n) is 13.2. The Balaban J connectivity index is 1.34. The van der Waals surface area contributed by atoms with Crippen molar-refractivity contribution in [2.45, 2.75) is 32.6 Å². The Morgan fingerprint density at radius 3 is 3.13 bits per heavy atom. The minimum absolute atomic E-state index is 0.0525. The van der Waals surface area contributed by atoms with Gasteiger partial charge in [0.1, 0.15) is 5.75 Å². The Morgan fingerprint density at radius 1 is 1.48 bits per heavy atom. The van der Waals surface area contributed by atoms with Gasteiger partial charge in [0.2, 0.25) is 5.91 Å². The summed E-state index contributed by atoms with van der Waals surface area (Å²) in [5.41, 5.74) is 4.79. The van der Waals surface area contributed by atoms with Crippen molar-refractivity contribution in [3.8, 4) is 5.75 Å². The molecule has 2 atom stereocenters. The molecule has 1 fully saturated rings. The van der Waals surface area contributed by atoms with Crippen LogP contribution in [0.3, 0.4) is 0 Å². The molecule has 0 aliphatic heterocycles. The van der Waals surface area contributed by atoms with Crippen LogP contribution in [0, 0.1) is 18.8 Å². The first kappa shape index (κ1) is 16.1. The van der Waals surface area contributed by atoms with E-state index < -0.39 is 0 Å². The van der Waals surface area contributed by atoms with Gasteiger partial charge in [-0.25, -0.2) is 5.43 Å². The molecule has 4 nitrogen and oxygen atoms in total. The van der Waals surface area contributed by atoms with Crippen molar-refractivity contribution in [3.05, 3.63) is 40.9 Å². The molecule has 0 aromatic heterocycles. The number of carbonyl (C=O) groups is 1. The van der Waals surface area contributed by atoms with Crippen molar-refractivity contribution in [1.29, 1.82) is 0 Å². The van der Waals surface area contributed by atoms with Gasteiger partial charge in [-0.1, -0.05) is 23.8 Å². The van der Waals surface area contributed by atoms with Crippen molar-refractivity contribution in [2.75, 3.05) is 6.61 Å². The number of ether oxygens (including phenoxy) is 1. The molecule has 3 rings (SSSR count). The lowest BCUT2D eigenvalue weighted by Crippen LogP contribution is -2.35. The highest BCUT2D eigenvalue weighted by Crippen LogP contribution is 2.40. The maximum Gasteiger partial charge on any atom is 0.240 e. The molecule has 0 spiro atoms. The fourth-order valence-electron chi connectivity index (χ4n) is 3.04. The number of aryl methyl sites for hydroxylation is 1. The third kappa shape index (κ3) is 3.94. The minimum Gasteiger partial charge on any atom is -0.493 e. The highest BCUT2D eigenvalue weighted by atomic mass is 35.5. The zero-order valence-corrected chi connectivity index (χ0v) is 14.0. The average molecular weight is 333 g/mol. The maximum atomic E-state index is 11.8. The van der Waals surface area contributed by atoms with Crippen LogP contribution in [0.2, 0.25) is 5.02 Å². The van der Waals surface area contributed by atoms with Gasteiger partial charge in [0, 0.05) is 23.1 Å². The summed E-state index contributed by atoms with van der Waals surface area (Å²) in [6.07, 6.45) is 7.58. The number of nitrogens with one attached hydrogen (secondary N) is 1. The number of fused-ring (bicyclic) bond motifs is 1. The van der Waals surface area contributed by atoms with E-state index in [1.807, 2.05) is 19.1 Å². The van der Waals surface area contributed by atoms with Crippen LogP contribution in [0.15, 0.2) is 35.5 Å². The Labute approximate surface area is 141 Å². The largest absolute Gasteiger partial charge is 0.493 e. The van der Waals surface area contributed by atoms with Crippen LogP contribution in [0.1, 0.15) is 31.2 Å². The fraction of sp³-hybridized carbons (Fsp3) is 0.444. The summed E-state index contributed by atoms with van der Waals surface area (Å²) in [4.78, 5) is 11.8. The predicted molar refractivity (Wildman–Crippen MR) is 91.8 cm³/mol. The number of allylic oxidation sites excluding steroid dienone is 2. The predicted octanol–water partition coefficient (Wildman–Crippen LogP) is 3.88. The van der Waals surface area contributed by atoms with E-state index >= 15 is 0 Å². The summed E-state index contributed by atoms with van der Waals surface area (Å²) in [6.45, 7) is 2.45. The number of hydrazone groups is 1. The van der Waals surface area contributed by atoms with Gasteiger partial charge in [0.15, 0.2) is 0 Å². The van der Waals surface area contributed by atoms with Crippen LogP contribution in [0.5, 0.6) is 5.75 Å².